The van der Waals surface area contributed by atoms with Crippen LogP contribution in [-0.2, 0) is 9.63 Å². The molecular weight excluding hydrogens is 213 g/mol. The zero-order chi connectivity index (χ0) is 11.7. The van der Waals surface area contributed by atoms with Crippen molar-refractivity contribution in [1.82, 2.24) is 10.4 Å². The maximum absolute atomic E-state index is 12.8. The maximum atomic E-state index is 12.8. The lowest BCUT2D eigenvalue weighted by molar-refractivity contribution is -0.238. The van der Waals surface area contributed by atoms with E-state index < -0.39 is 17.5 Å². The normalized spacial score (nSPS) is 26.7. The molecule has 0 aromatic heterocycles. The first kappa shape index (κ1) is 12.3. The Hall–Kier alpha value is -0.820. The number of rotatable bonds is 2. The first-order valence-electron chi connectivity index (χ1n) is 4.45. The van der Waals surface area contributed by atoms with Crippen LogP contribution in [0.5, 0.6) is 0 Å². The summed E-state index contributed by atoms with van der Waals surface area (Å²) in [5, 5.41) is 3.18. The minimum atomic E-state index is -4.56. The molecule has 0 aromatic rings. The molecule has 0 bridgehead atoms. The summed E-state index contributed by atoms with van der Waals surface area (Å²) in [4.78, 5) is 16.1. The van der Waals surface area contributed by atoms with Crippen LogP contribution in [0.1, 0.15) is 6.42 Å². The molecule has 1 amide bonds. The summed E-state index contributed by atoms with van der Waals surface area (Å²) in [5.74, 6) is -1.05. The minimum Gasteiger partial charge on any atom is -0.315 e. The lowest BCUT2D eigenvalue weighted by atomic mass is 9.85. The highest BCUT2D eigenvalue weighted by Crippen LogP contribution is 2.44. The van der Waals surface area contributed by atoms with Gasteiger partial charge < -0.3 is 5.32 Å². The zero-order valence-corrected chi connectivity index (χ0v) is 8.52. The fourth-order valence-corrected chi connectivity index (χ4v) is 1.62. The number of carbonyl (C=O) groups excluding carboxylic acids is 1. The fraction of sp³-hybridized carbons (Fsp3) is 0.875. The smallest absolute Gasteiger partial charge is 0.315 e. The number of hydroxylamine groups is 2. The Morgan fingerprint density at radius 2 is 2.13 bits per heavy atom. The van der Waals surface area contributed by atoms with Gasteiger partial charge in [0.2, 0.25) is 0 Å². The SMILES string of the molecule is CON(C)C(=O)C1(C(F)(F)F)CCNC1. The predicted molar refractivity (Wildman–Crippen MR) is 45.8 cm³/mol. The van der Waals surface area contributed by atoms with Gasteiger partial charge in [0.05, 0.1) is 7.11 Å². The molecule has 1 unspecified atom stereocenters. The lowest BCUT2D eigenvalue weighted by Crippen LogP contribution is -2.52. The van der Waals surface area contributed by atoms with Crippen LogP contribution in [0, 0.1) is 5.41 Å². The Kier molecular flexibility index (Phi) is 3.25. The summed E-state index contributed by atoms with van der Waals surface area (Å²) in [5.41, 5.74) is -2.34. The van der Waals surface area contributed by atoms with E-state index in [1.807, 2.05) is 0 Å². The highest BCUT2D eigenvalue weighted by molar-refractivity contribution is 5.83. The van der Waals surface area contributed by atoms with Gasteiger partial charge in [-0.05, 0) is 13.0 Å². The van der Waals surface area contributed by atoms with Crippen molar-refractivity contribution in [2.75, 3.05) is 27.2 Å². The molecule has 0 radical (unpaired) electrons. The molecule has 0 aromatic carbocycles. The van der Waals surface area contributed by atoms with Gasteiger partial charge in [-0.2, -0.15) is 13.2 Å². The van der Waals surface area contributed by atoms with Crippen LogP contribution in [-0.4, -0.2) is 44.4 Å². The summed E-state index contributed by atoms with van der Waals surface area (Å²) in [6, 6.07) is 0. The second-order valence-corrected chi connectivity index (χ2v) is 3.49. The van der Waals surface area contributed by atoms with Crippen molar-refractivity contribution >= 4 is 5.91 Å². The average Bonchev–Trinajstić information content (AvgIpc) is 2.64. The van der Waals surface area contributed by atoms with Crippen molar-refractivity contribution < 1.29 is 22.8 Å². The van der Waals surface area contributed by atoms with E-state index in [9.17, 15) is 18.0 Å². The number of amides is 1. The third-order valence-corrected chi connectivity index (χ3v) is 2.67. The minimum absolute atomic E-state index is 0.183. The molecule has 7 heteroatoms. The van der Waals surface area contributed by atoms with Gasteiger partial charge in [-0.25, -0.2) is 5.06 Å². The van der Waals surface area contributed by atoms with Gasteiger partial charge in [0.15, 0.2) is 5.41 Å². The molecule has 1 aliphatic rings. The summed E-state index contributed by atoms with van der Waals surface area (Å²) < 4.78 is 38.5. The Morgan fingerprint density at radius 1 is 1.53 bits per heavy atom. The first-order chi connectivity index (χ1) is 6.85. The number of carbonyl (C=O) groups is 1. The number of halogens is 3. The van der Waals surface area contributed by atoms with Crippen LogP contribution >= 0.6 is 0 Å². The number of hydrogen-bond donors (Lipinski definition) is 1. The Bertz CT molecular complexity index is 249. The van der Waals surface area contributed by atoms with E-state index in [0.717, 1.165) is 7.11 Å². The summed E-state index contributed by atoms with van der Waals surface area (Å²) in [6.45, 7) is -0.203. The lowest BCUT2D eigenvalue weighted by Gasteiger charge is -2.32. The standard InChI is InChI=1S/C8H13F3N2O2/c1-13(15-2)6(14)7(8(9,10)11)3-4-12-5-7/h12H,3-5H2,1-2H3. The van der Waals surface area contributed by atoms with E-state index in [2.05, 4.69) is 10.2 Å². The number of hydrogen-bond acceptors (Lipinski definition) is 3. The Labute approximate surface area is 85.3 Å². The van der Waals surface area contributed by atoms with Crippen molar-refractivity contribution in [3.63, 3.8) is 0 Å². The van der Waals surface area contributed by atoms with E-state index in [1.54, 1.807) is 0 Å². The topological polar surface area (TPSA) is 41.6 Å². The molecule has 1 rings (SSSR count). The second kappa shape index (κ2) is 3.97. The second-order valence-electron chi connectivity index (χ2n) is 3.49. The van der Waals surface area contributed by atoms with Gasteiger partial charge in [-0.15, -0.1) is 0 Å². The third-order valence-electron chi connectivity index (χ3n) is 2.67. The molecule has 1 aliphatic heterocycles. The maximum Gasteiger partial charge on any atom is 0.404 e. The molecular formula is C8H13F3N2O2. The van der Waals surface area contributed by atoms with Crippen LogP contribution in [0.25, 0.3) is 0 Å². The molecule has 0 aliphatic carbocycles. The highest BCUT2D eigenvalue weighted by Gasteiger charge is 2.62. The molecule has 1 fully saturated rings. The number of nitrogens with zero attached hydrogens (tertiary/aromatic N) is 1. The molecule has 1 N–H and O–H groups in total. The first-order valence-corrected chi connectivity index (χ1v) is 4.45. The molecule has 1 saturated heterocycles. The zero-order valence-electron chi connectivity index (χ0n) is 8.52. The van der Waals surface area contributed by atoms with Gasteiger partial charge in [-0.1, -0.05) is 0 Å². The van der Waals surface area contributed by atoms with E-state index in [4.69, 9.17) is 0 Å². The third kappa shape index (κ3) is 1.93. The van der Waals surface area contributed by atoms with Crippen molar-refractivity contribution in [2.45, 2.75) is 12.6 Å². The quantitative estimate of drug-likeness (QED) is 0.699. The molecule has 4 nitrogen and oxygen atoms in total. The molecule has 88 valence electrons. The van der Waals surface area contributed by atoms with Crippen molar-refractivity contribution in [1.29, 1.82) is 0 Å². The molecule has 0 saturated carbocycles. The summed E-state index contributed by atoms with van der Waals surface area (Å²) in [7, 11) is 2.33. The van der Waals surface area contributed by atoms with Gasteiger partial charge >= 0.3 is 6.18 Å². The van der Waals surface area contributed by atoms with Gasteiger partial charge in [0.25, 0.3) is 5.91 Å². The van der Waals surface area contributed by atoms with Crippen LogP contribution in [0.3, 0.4) is 0 Å². The Morgan fingerprint density at radius 3 is 2.47 bits per heavy atom. The Balaban J connectivity index is 2.97. The predicted octanol–water partition coefficient (Wildman–Crippen LogP) is 0.548. The fourth-order valence-electron chi connectivity index (χ4n) is 1.62. The van der Waals surface area contributed by atoms with Crippen LogP contribution in [0.15, 0.2) is 0 Å². The van der Waals surface area contributed by atoms with Crippen LogP contribution in [0.4, 0.5) is 13.2 Å². The summed E-state index contributed by atoms with van der Waals surface area (Å²) in [6.07, 6.45) is -4.80. The monoisotopic (exact) mass is 226 g/mol. The van der Waals surface area contributed by atoms with Crippen LogP contribution in [0.2, 0.25) is 0 Å². The summed E-state index contributed by atoms with van der Waals surface area (Å²) >= 11 is 0. The number of nitrogens with one attached hydrogen (secondary N) is 1. The van der Waals surface area contributed by atoms with Crippen LogP contribution < -0.4 is 5.32 Å². The van der Waals surface area contributed by atoms with Gasteiger partial charge in [0.1, 0.15) is 0 Å². The molecule has 0 spiro atoms. The van der Waals surface area contributed by atoms with E-state index in [1.165, 1.54) is 7.05 Å². The van der Waals surface area contributed by atoms with E-state index in [-0.39, 0.29) is 19.5 Å². The van der Waals surface area contributed by atoms with Gasteiger partial charge in [-0.3, -0.25) is 9.63 Å². The van der Waals surface area contributed by atoms with Crippen molar-refractivity contribution in [3.8, 4) is 0 Å². The highest BCUT2D eigenvalue weighted by atomic mass is 19.4. The van der Waals surface area contributed by atoms with Gasteiger partial charge in [0, 0.05) is 13.6 Å². The van der Waals surface area contributed by atoms with Crippen molar-refractivity contribution in [2.24, 2.45) is 5.41 Å². The number of alkyl halides is 3. The van der Waals surface area contributed by atoms with E-state index in [0.29, 0.717) is 5.06 Å². The molecule has 1 atom stereocenters. The average molecular weight is 226 g/mol. The molecule has 1 heterocycles. The molecule has 15 heavy (non-hydrogen) atoms. The van der Waals surface area contributed by atoms with Crippen molar-refractivity contribution in [3.05, 3.63) is 0 Å². The largest absolute Gasteiger partial charge is 0.404 e. The van der Waals surface area contributed by atoms with E-state index >= 15 is 0 Å².